The van der Waals surface area contributed by atoms with E-state index in [2.05, 4.69) is 0 Å². The molecule has 0 heterocycles. The van der Waals surface area contributed by atoms with Crippen LogP contribution in [0, 0.1) is 0 Å². The quantitative estimate of drug-likeness (QED) is 0.104. The molecule has 0 saturated carbocycles. The van der Waals surface area contributed by atoms with Gasteiger partial charge in [0.05, 0.1) is 139 Å². The number of carbonyl (C=O) groups is 1. The van der Waals surface area contributed by atoms with Crippen molar-refractivity contribution in [3.63, 3.8) is 0 Å². The van der Waals surface area contributed by atoms with Crippen LogP contribution in [-0.2, 0) is 56.9 Å². The van der Waals surface area contributed by atoms with Crippen molar-refractivity contribution < 1.29 is 56.9 Å². The fraction of sp³-hybridized carbons (Fsp3) is 0.960. The Morgan fingerprint density at radius 3 is 0.816 bits per heavy atom. The van der Waals surface area contributed by atoms with E-state index in [0.29, 0.717) is 144 Å². The molecule has 13 heteroatoms. The summed E-state index contributed by atoms with van der Waals surface area (Å²) in [5.41, 5.74) is 0. The summed E-state index contributed by atoms with van der Waals surface area (Å²) in [6.07, 6.45) is 0. The fourth-order valence-electron chi connectivity index (χ4n) is 2.47. The normalized spacial score (nSPS) is 11.4. The van der Waals surface area contributed by atoms with E-state index >= 15 is 0 Å². The minimum atomic E-state index is 0.107. The smallest absolute Gasteiger partial charge is 0.185 e. The van der Waals surface area contributed by atoms with Gasteiger partial charge in [0.25, 0.3) is 0 Å². The lowest BCUT2D eigenvalue weighted by atomic mass is 10.6. The Labute approximate surface area is 232 Å². The van der Waals surface area contributed by atoms with Gasteiger partial charge in [-0.25, -0.2) is 0 Å². The van der Waals surface area contributed by atoms with Crippen LogP contribution in [0.5, 0.6) is 0 Å². The summed E-state index contributed by atoms with van der Waals surface area (Å²) < 4.78 is 58.9. The van der Waals surface area contributed by atoms with Crippen LogP contribution in [0.2, 0.25) is 0 Å². The second kappa shape index (κ2) is 34.6. The van der Waals surface area contributed by atoms with Gasteiger partial charge in [0.15, 0.2) is 5.12 Å². The molecule has 12 nitrogen and oxygen atoms in total. The van der Waals surface area contributed by atoms with Crippen LogP contribution in [0.3, 0.4) is 0 Å². The minimum Gasteiger partial charge on any atom is -0.382 e. The molecule has 0 aliphatic rings. The lowest BCUT2D eigenvalue weighted by Gasteiger charge is -2.09. The van der Waals surface area contributed by atoms with E-state index < -0.39 is 0 Å². The number of methoxy groups -OCH3 is 1. The minimum absolute atomic E-state index is 0.107. The van der Waals surface area contributed by atoms with Gasteiger partial charge in [-0.1, -0.05) is 11.8 Å². The Bertz CT molecular complexity index is 462. The zero-order chi connectivity index (χ0) is 27.6. The lowest BCUT2D eigenvalue weighted by Crippen LogP contribution is -2.15. The zero-order valence-electron chi connectivity index (χ0n) is 23.4. The first-order valence-electron chi connectivity index (χ1n) is 13.2. The Kier molecular flexibility index (Phi) is 34.2. The van der Waals surface area contributed by atoms with Crippen molar-refractivity contribution in [2.45, 2.75) is 6.92 Å². The lowest BCUT2D eigenvalue weighted by molar-refractivity contribution is -0.109. The van der Waals surface area contributed by atoms with Crippen LogP contribution < -0.4 is 0 Å². The van der Waals surface area contributed by atoms with Crippen LogP contribution in [-0.4, -0.2) is 157 Å². The van der Waals surface area contributed by atoms with Crippen LogP contribution >= 0.6 is 11.8 Å². The molecule has 0 aromatic heterocycles. The molecular formula is C25H50O12S. The van der Waals surface area contributed by atoms with E-state index in [0.717, 1.165) is 0 Å². The van der Waals surface area contributed by atoms with E-state index in [4.69, 9.17) is 52.1 Å². The first-order chi connectivity index (χ1) is 18.8. The summed E-state index contributed by atoms with van der Waals surface area (Å²) >= 11 is 1.26. The molecule has 0 N–H and O–H groups in total. The maximum atomic E-state index is 10.8. The second-order valence-corrected chi connectivity index (χ2v) is 8.73. The Hall–Kier alpha value is -0.420. The largest absolute Gasteiger partial charge is 0.382 e. The molecule has 0 aromatic carbocycles. The third-order valence-corrected chi connectivity index (χ3v) is 5.09. The summed E-state index contributed by atoms with van der Waals surface area (Å²) in [4.78, 5) is 10.8. The fourth-order valence-corrected chi connectivity index (χ4v) is 2.96. The molecule has 0 spiro atoms. The van der Waals surface area contributed by atoms with E-state index in [1.807, 2.05) is 0 Å². The van der Waals surface area contributed by atoms with E-state index in [1.54, 1.807) is 14.0 Å². The van der Waals surface area contributed by atoms with Crippen LogP contribution in [0.15, 0.2) is 0 Å². The van der Waals surface area contributed by atoms with Crippen molar-refractivity contribution >= 4 is 16.9 Å². The maximum absolute atomic E-state index is 10.8. The van der Waals surface area contributed by atoms with Crippen molar-refractivity contribution in [1.29, 1.82) is 0 Å². The van der Waals surface area contributed by atoms with Crippen molar-refractivity contribution in [3.8, 4) is 0 Å². The standard InChI is InChI=1S/C25H50O12S/c1-25(26)38-24-23-37-22-21-36-20-19-35-18-17-34-16-15-33-14-13-32-12-11-31-10-9-30-8-7-29-6-5-28-4-3-27-2/h3-24H2,1-2H3. The topological polar surface area (TPSA) is 119 Å². The highest BCUT2D eigenvalue weighted by Gasteiger charge is 1.97. The predicted octanol–water partition coefficient (Wildman–Crippen LogP) is 1.08. The summed E-state index contributed by atoms with van der Waals surface area (Å²) in [6, 6.07) is 0. The molecule has 228 valence electrons. The molecule has 0 rings (SSSR count). The molecule has 0 radical (unpaired) electrons. The third-order valence-electron chi connectivity index (χ3n) is 4.31. The molecule has 0 bridgehead atoms. The average molecular weight is 575 g/mol. The first-order valence-corrected chi connectivity index (χ1v) is 14.2. The molecule has 0 aliphatic carbocycles. The number of ether oxygens (including phenoxy) is 11. The van der Waals surface area contributed by atoms with Crippen molar-refractivity contribution in [2.75, 3.05) is 152 Å². The third kappa shape index (κ3) is 35.6. The van der Waals surface area contributed by atoms with Gasteiger partial charge in [-0.3, -0.25) is 4.79 Å². The van der Waals surface area contributed by atoms with Crippen LogP contribution in [0.1, 0.15) is 6.92 Å². The van der Waals surface area contributed by atoms with Gasteiger partial charge in [0, 0.05) is 19.8 Å². The van der Waals surface area contributed by atoms with Crippen LogP contribution in [0.4, 0.5) is 0 Å². The first kappa shape index (κ1) is 37.6. The highest BCUT2D eigenvalue weighted by Crippen LogP contribution is 1.99. The maximum Gasteiger partial charge on any atom is 0.185 e. The predicted molar refractivity (Wildman–Crippen MR) is 143 cm³/mol. The Morgan fingerprint density at radius 2 is 0.605 bits per heavy atom. The number of thioether (sulfide) groups is 1. The van der Waals surface area contributed by atoms with Gasteiger partial charge < -0.3 is 52.1 Å². The van der Waals surface area contributed by atoms with Crippen molar-refractivity contribution in [1.82, 2.24) is 0 Å². The number of hydrogen-bond donors (Lipinski definition) is 0. The van der Waals surface area contributed by atoms with Gasteiger partial charge in [-0.2, -0.15) is 0 Å². The van der Waals surface area contributed by atoms with E-state index in [9.17, 15) is 4.79 Å². The van der Waals surface area contributed by atoms with Gasteiger partial charge in [0.2, 0.25) is 0 Å². The highest BCUT2D eigenvalue weighted by molar-refractivity contribution is 8.13. The zero-order valence-corrected chi connectivity index (χ0v) is 24.2. The Morgan fingerprint density at radius 1 is 0.395 bits per heavy atom. The summed E-state index contributed by atoms with van der Waals surface area (Å²) in [7, 11) is 1.64. The molecule has 0 amide bonds. The number of hydrogen-bond acceptors (Lipinski definition) is 13. The van der Waals surface area contributed by atoms with Crippen LogP contribution in [0.25, 0.3) is 0 Å². The molecule has 0 saturated heterocycles. The molecule has 0 fully saturated rings. The summed E-state index contributed by atoms with van der Waals surface area (Å²) in [5.74, 6) is 0.676. The average Bonchev–Trinajstić information content (AvgIpc) is 2.91. The summed E-state index contributed by atoms with van der Waals surface area (Å²) in [5, 5.41) is 0.107. The number of carbonyl (C=O) groups excluding carboxylic acids is 1. The van der Waals surface area contributed by atoms with Gasteiger partial charge >= 0.3 is 0 Å². The van der Waals surface area contributed by atoms with E-state index in [-0.39, 0.29) is 5.12 Å². The van der Waals surface area contributed by atoms with Gasteiger partial charge in [-0.15, -0.1) is 0 Å². The van der Waals surface area contributed by atoms with Gasteiger partial charge in [0.1, 0.15) is 0 Å². The molecule has 0 atom stereocenters. The SMILES string of the molecule is COCCOCCOCCOCCOCCOCCOCCOCCOCCOCCOCCSC(C)=O. The Balaban J connectivity index is 3.02. The molecule has 0 unspecified atom stereocenters. The molecular weight excluding hydrogens is 524 g/mol. The molecule has 0 aromatic rings. The molecule has 38 heavy (non-hydrogen) atoms. The molecule has 0 aliphatic heterocycles. The second-order valence-electron chi connectivity index (χ2n) is 7.46. The van der Waals surface area contributed by atoms with Crippen molar-refractivity contribution in [3.05, 3.63) is 0 Å². The number of rotatable bonds is 33. The summed E-state index contributed by atoms with van der Waals surface area (Å²) in [6.45, 7) is 12.6. The van der Waals surface area contributed by atoms with Crippen molar-refractivity contribution in [2.24, 2.45) is 0 Å². The van der Waals surface area contributed by atoms with E-state index in [1.165, 1.54) is 11.8 Å². The highest BCUT2D eigenvalue weighted by atomic mass is 32.2. The monoisotopic (exact) mass is 574 g/mol. The van der Waals surface area contributed by atoms with Gasteiger partial charge in [-0.05, 0) is 0 Å².